The molecule has 1 aromatic heterocycles. The van der Waals surface area contributed by atoms with Gasteiger partial charge in [0.1, 0.15) is 0 Å². The molecule has 0 saturated heterocycles. The number of hydrogen-bond donors (Lipinski definition) is 1. The van der Waals surface area contributed by atoms with Gasteiger partial charge in [0.25, 0.3) is 0 Å². The first kappa shape index (κ1) is 12.7. The first-order valence-electron chi connectivity index (χ1n) is 6.13. The Bertz CT molecular complexity index is 722. The summed E-state index contributed by atoms with van der Waals surface area (Å²) in [6.45, 7) is 0. The molecular formula is C15H12ClN3O. The highest BCUT2D eigenvalue weighted by Gasteiger charge is 2.09. The van der Waals surface area contributed by atoms with E-state index in [1.54, 1.807) is 12.1 Å². The van der Waals surface area contributed by atoms with Crippen LogP contribution in [0.15, 0.2) is 52.9 Å². The van der Waals surface area contributed by atoms with E-state index < -0.39 is 0 Å². The van der Waals surface area contributed by atoms with Gasteiger partial charge in [-0.2, -0.15) is 0 Å². The van der Waals surface area contributed by atoms with Crippen molar-refractivity contribution in [1.29, 1.82) is 0 Å². The SMILES string of the molecule is Nc1ccc(Cc2nnc(-c3cccc(Cl)c3)o2)cc1. The molecule has 0 spiro atoms. The van der Waals surface area contributed by atoms with Gasteiger partial charge in [0.2, 0.25) is 11.8 Å². The molecule has 1 heterocycles. The number of hydrogen-bond acceptors (Lipinski definition) is 4. The van der Waals surface area contributed by atoms with Gasteiger partial charge in [-0.15, -0.1) is 10.2 Å². The quantitative estimate of drug-likeness (QED) is 0.747. The number of anilines is 1. The monoisotopic (exact) mass is 285 g/mol. The molecule has 0 aliphatic heterocycles. The highest BCUT2D eigenvalue weighted by Crippen LogP contribution is 2.22. The summed E-state index contributed by atoms with van der Waals surface area (Å²) < 4.78 is 5.65. The van der Waals surface area contributed by atoms with E-state index in [9.17, 15) is 0 Å². The predicted molar refractivity (Wildman–Crippen MR) is 78.4 cm³/mol. The number of nitrogens with two attached hydrogens (primary N) is 1. The summed E-state index contributed by atoms with van der Waals surface area (Å²) in [5, 5.41) is 8.73. The van der Waals surface area contributed by atoms with Crippen LogP contribution < -0.4 is 5.73 Å². The van der Waals surface area contributed by atoms with Gasteiger partial charge in [-0.3, -0.25) is 0 Å². The van der Waals surface area contributed by atoms with Crippen molar-refractivity contribution < 1.29 is 4.42 Å². The third-order valence-corrected chi connectivity index (χ3v) is 3.11. The van der Waals surface area contributed by atoms with E-state index in [-0.39, 0.29) is 0 Å². The molecule has 4 nitrogen and oxygen atoms in total. The van der Waals surface area contributed by atoms with E-state index in [0.29, 0.717) is 23.2 Å². The molecule has 0 bridgehead atoms. The first-order chi connectivity index (χ1) is 9.70. The van der Waals surface area contributed by atoms with Gasteiger partial charge in [0.15, 0.2) is 0 Å². The number of benzene rings is 2. The van der Waals surface area contributed by atoms with Crippen molar-refractivity contribution in [2.75, 3.05) is 5.73 Å². The molecule has 0 saturated carbocycles. The molecule has 5 heteroatoms. The third-order valence-electron chi connectivity index (χ3n) is 2.87. The normalized spacial score (nSPS) is 10.7. The minimum atomic E-state index is 0.470. The number of halogens is 1. The van der Waals surface area contributed by atoms with E-state index in [4.69, 9.17) is 21.8 Å². The molecular weight excluding hydrogens is 274 g/mol. The lowest BCUT2D eigenvalue weighted by Gasteiger charge is -1.98. The number of nitrogens with zero attached hydrogens (tertiary/aromatic N) is 2. The van der Waals surface area contributed by atoms with Crippen LogP contribution in [0, 0.1) is 0 Å². The van der Waals surface area contributed by atoms with E-state index in [0.717, 1.165) is 16.8 Å². The van der Waals surface area contributed by atoms with Gasteiger partial charge < -0.3 is 10.2 Å². The second-order valence-electron chi connectivity index (χ2n) is 4.43. The van der Waals surface area contributed by atoms with Gasteiger partial charge in [-0.25, -0.2) is 0 Å². The summed E-state index contributed by atoms with van der Waals surface area (Å²) in [6.07, 6.45) is 0.577. The van der Waals surface area contributed by atoms with Crippen LogP contribution in [0.5, 0.6) is 0 Å². The molecule has 0 aliphatic rings. The standard InChI is InChI=1S/C15H12ClN3O/c16-12-3-1-2-11(9-12)15-19-18-14(20-15)8-10-4-6-13(17)7-5-10/h1-7,9H,8,17H2. The van der Waals surface area contributed by atoms with E-state index >= 15 is 0 Å². The van der Waals surface area contributed by atoms with Gasteiger partial charge in [-0.05, 0) is 35.9 Å². The molecule has 0 atom stereocenters. The van der Waals surface area contributed by atoms with Crippen LogP contribution in [0.3, 0.4) is 0 Å². The van der Waals surface area contributed by atoms with Crippen molar-refractivity contribution >= 4 is 17.3 Å². The fourth-order valence-corrected chi connectivity index (χ4v) is 2.06. The largest absolute Gasteiger partial charge is 0.420 e. The van der Waals surface area contributed by atoms with Crippen molar-refractivity contribution in [3.63, 3.8) is 0 Å². The molecule has 100 valence electrons. The van der Waals surface area contributed by atoms with Crippen molar-refractivity contribution in [2.24, 2.45) is 0 Å². The summed E-state index contributed by atoms with van der Waals surface area (Å²) >= 11 is 5.94. The molecule has 0 radical (unpaired) electrons. The zero-order valence-electron chi connectivity index (χ0n) is 10.6. The average Bonchev–Trinajstić information content (AvgIpc) is 2.90. The maximum atomic E-state index is 5.94. The van der Waals surface area contributed by atoms with Crippen LogP contribution in [-0.4, -0.2) is 10.2 Å². The maximum absolute atomic E-state index is 5.94. The first-order valence-corrected chi connectivity index (χ1v) is 6.51. The van der Waals surface area contributed by atoms with Crippen molar-refractivity contribution in [3.05, 3.63) is 65.0 Å². The number of nitrogen functional groups attached to an aromatic ring is 1. The Morgan fingerprint density at radius 3 is 2.60 bits per heavy atom. The second-order valence-corrected chi connectivity index (χ2v) is 4.87. The molecule has 3 aromatic rings. The van der Waals surface area contributed by atoms with E-state index in [2.05, 4.69) is 10.2 Å². The van der Waals surface area contributed by atoms with Crippen LogP contribution >= 0.6 is 11.6 Å². The Balaban J connectivity index is 1.82. The fraction of sp³-hybridized carbons (Fsp3) is 0.0667. The summed E-state index contributed by atoms with van der Waals surface area (Å²) in [4.78, 5) is 0. The lowest BCUT2D eigenvalue weighted by molar-refractivity contribution is 0.518. The highest BCUT2D eigenvalue weighted by atomic mass is 35.5. The van der Waals surface area contributed by atoms with Crippen LogP contribution in [0.1, 0.15) is 11.5 Å². The molecule has 2 N–H and O–H groups in total. The topological polar surface area (TPSA) is 64.9 Å². The lowest BCUT2D eigenvalue weighted by atomic mass is 10.1. The van der Waals surface area contributed by atoms with Crippen molar-refractivity contribution in [2.45, 2.75) is 6.42 Å². The molecule has 3 rings (SSSR count). The molecule has 0 fully saturated rings. The van der Waals surface area contributed by atoms with Crippen molar-refractivity contribution in [1.82, 2.24) is 10.2 Å². The lowest BCUT2D eigenvalue weighted by Crippen LogP contribution is -1.90. The number of aromatic nitrogens is 2. The zero-order chi connectivity index (χ0) is 13.9. The average molecular weight is 286 g/mol. The van der Waals surface area contributed by atoms with Crippen molar-refractivity contribution in [3.8, 4) is 11.5 Å². The van der Waals surface area contributed by atoms with Gasteiger partial charge in [0, 0.05) is 16.3 Å². The fourth-order valence-electron chi connectivity index (χ4n) is 1.87. The molecule has 2 aromatic carbocycles. The van der Waals surface area contributed by atoms with Crippen LogP contribution in [0.2, 0.25) is 5.02 Å². The molecule has 0 unspecified atom stereocenters. The summed E-state index contributed by atoms with van der Waals surface area (Å²) in [6, 6.07) is 14.9. The van der Waals surface area contributed by atoms with E-state index in [1.165, 1.54) is 0 Å². The zero-order valence-corrected chi connectivity index (χ0v) is 11.3. The minimum Gasteiger partial charge on any atom is -0.420 e. The molecule has 20 heavy (non-hydrogen) atoms. The van der Waals surface area contributed by atoms with Crippen LogP contribution in [0.25, 0.3) is 11.5 Å². The summed E-state index contributed by atoms with van der Waals surface area (Å²) in [7, 11) is 0. The van der Waals surface area contributed by atoms with Gasteiger partial charge in [0.05, 0.1) is 6.42 Å². The Morgan fingerprint density at radius 1 is 1.05 bits per heavy atom. The summed E-state index contributed by atoms with van der Waals surface area (Å²) in [5.41, 5.74) is 8.27. The second kappa shape index (κ2) is 5.35. The van der Waals surface area contributed by atoms with Crippen LogP contribution in [0.4, 0.5) is 5.69 Å². The minimum absolute atomic E-state index is 0.470. The Hall–Kier alpha value is -2.33. The summed E-state index contributed by atoms with van der Waals surface area (Å²) in [5.74, 6) is 1.03. The van der Waals surface area contributed by atoms with Crippen LogP contribution in [-0.2, 0) is 6.42 Å². The third kappa shape index (κ3) is 2.81. The highest BCUT2D eigenvalue weighted by molar-refractivity contribution is 6.30. The smallest absolute Gasteiger partial charge is 0.247 e. The molecule has 0 amide bonds. The van der Waals surface area contributed by atoms with Gasteiger partial charge in [-0.1, -0.05) is 29.8 Å². The Morgan fingerprint density at radius 2 is 1.85 bits per heavy atom. The Labute approximate surface area is 121 Å². The maximum Gasteiger partial charge on any atom is 0.247 e. The molecule has 0 aliphatic carbocycles. The Kier molecular flexibility index (Phi) is 3.39. The predicted octanol–water partition coefficient (Wildman–Crippen LogP) is 3.56. The van der Waals surface area contributed by atoms with Gasteiger partial charge >= 0.3 is 0 Å². The van der Waals surface area contributed by atoms with E-state index in [1.807, 2.05) is 36.4 Å². The number of rotatable bonds is 3.